The molecule has 1 fully saturated rings. The van der Waals surface area contributed by atoms with E-state index in [1.54, 1.807) is 0 Å². The summed E-state index contributed by atoms with van der Waals surface area (Å²) in [7, 11) is 0. The second-order valence-corrected chi connectivity index (χ2v) is 6.50. The van der Waals surface area contributed by atoms with Crippen molar-refractivity contribution in [3.63, 3.8) is 0 Å². The Kier molecular flexibility index (Phi) is 6.32. The molecule has 19 heavy (non-hydrogen) atoms. The molecule has 0 aliphatic heterocycles. The number of nitrogens with zero attached hydrogens (tertiary/aromatic N) is 1. The van der Waals surface area contributed by atoms with Gasteiger partial charge in [-0.25, -0.2) is 0 Å². The number of aromatic nitrogens is 1. The molecule has 2 nitrogen and oxygen atoms in total. The minimum Gasteiger partial charge on any atom is -0.308 e. The van der Waals surface area contributed by atoms with Gasteiger partial charge in [0.2, 0.25) is 0 Å². The van der Waals surface area contributed by atoms with Crippen molar-refractivity contribution in [3.05, 3.63) is 28.5 Å². The van der Waals surface area contributed by atoms with Crippen LogP contribution in [0.4, 0.5) is 0 Å². The van der Waals surface area contributed by atoms with E-state index in [2.05, 4.69) is 45.3 Å². The van der Waals surface area contributed by atoms with Gasteiger partial charge in [0.25, 0.3) is 0 Å². The molecule has 0 aromatic carbocycles. The molecule has 1 unspecified atom stereocenters. The van der Waals surface area contributed by atoms with Crippen molar-refractivity contribution in [1.82, 2.24) is 10.3 Å². The normalized spacial score (nSPS) is 19.1. The Hall–Kier alpha value is -0.410. The van der Waals surface area contributed by atoms with Gasteiger partial charge < -0.3 is 5.32 Å². The van der Waals surface area contributed by atoms with Crippen molar-refractivity contribution in [3.8, 4) is 0 Å². The lowest BCUT2D eigenvalue weighted by atomic mass is 9.89. The van der Waals surface area contributed by atoms with Crippen LogP contribution < -0.4 is 5.32 Å². The summed E-state index contributed by atoms with van der Waals surface area (Å²) in [5, 5.41) is 3.72. The number of rotatable bonds is 5. The molecule has 1 saturated carbocycles. The van der Waals surface area contributed by atoms with Crippen LogP contribution in [0.15, 0.2) is 22.8 Å². The number of pyridine rings is 1. The maximum absolute atomic E-state index is 4.63. The van der Waals surface area contributed by atoms with Crippen LogP contribution in [0, 0.1) is 5.92 Å². The summed E-state index contributed by atoms with van der Waals surface area (Å²) in [6.45, 7) is 3.31. The van der Waals surface area contributed by atoms with Crippen molar-refractivity contribution in [2.75, 3.05) is 6.54 Å². The van der Waals surface area contributed by atoms with Crippen molar-refractivity contribution in [1.29, 1.82) is 0 Å². The fourth-order valence-corrected chi connectivity index (χ4v) is 3.26. The molecule has 1 heterocycles. The van der Waals surface area contributed by atoms with Crippen molar-refractivity contribution in [2.24, 2.45) is 5.92 Å². The first-order valence-electron chi connectivity index (χ1n) is 7.66. The van der Waals surface area contributed by atoms with E-state index in [0.717, 1.165) is 16.9 Å². The molecule has 1 atom stereocenters. The average molecular weight is 325 g/mol. The fourth-order valence-electron chi connectivity index (χ4n) is 3.03. The van der Waals surface area contributed by atoms with E-state index in [4.69, 9.17) is 0 Å². The van der Waals surface area contributed by atoms with Gasteiger partial charge in [0.1, 0.15) is 0 Å². The second kappa shape index (κ2) is 8.01. The highest BCUT2D eigenvalue weighted by molar-refractivity contribution is 9.10. The van der Waals surface area contributed by atoms with Gasteiger partial charge in [-0.2, -0.15) is 0 Å². The highest BCUT2D eigenvalue weighted by Gasteiger charge is 2.24. The van der Waals surface area contributed by atoms with Gasteiger partial charge in [-0.15, -0.1) is 0 Å². The topological polar surface area (TPSA) is 24.9 Å². The van der Waals surface area contributed by atoms with E-state index in [-0.39, 0.29) is 0 Å². The maximum Gasteiger partial charge on any atom is 0.0576 e. The molecule has 1 N–H and O–H groups in total. The molecule has 0 saturated heterocycles. The number of hydrogen-bond acceptors (Lipinski definition) is 2. The molecule has 2 rings (SSSR count). The van der Waals surface area contributed by atoms with E-state index >= 15 is 0 Å². The number of halogens is 1. The highest BCUT2D eigenvalue weighted by atomic mass is 79.9. The molecule has 0 spiro atoms. The Morgan fingerprint density at radius 1 is 1.26 bits per heavy atom. The van der Waals surface area contributed by atoms with Crippen LogP contribution >= 0.6 is 15.9 Å². The van der Waals surface area contributed by atoms with E-state index in [9.17, 15) is 0 Å². The predicted octanol–water partition coefficient (Wildman–Crippen LogP) is 4.86. The van der Waals surface area contributed by atoms with Crippen LogP contribution in [-0.4, -0.2) is 11.5 Å². The quantitative estimate of drug-likeness (QED) is 0.782. The average Bonchev–Trinajstić information content (AvgIpc) is 2.70. The van der Waals surface area contributed by atoms with Crippen LogP contribution in [0.5, 0.6) is 0 Å². The smallest absolute Gasteiger partial charge is 0.0576 e. The van der Waals surface area contributed by atoms with Gasteiger partial charge in [-0.3, -0.25) is 4.98 Å². The molecule has 0 bridgehead atoms. The third-order valence-electron chi connectivity index (χ3n) is 4.05. The molecular formula is C16H25BrN2. The summed E-state index contributed by atoms with van der Waals surface area (Å²) in [5.41, 5.74) is 1.21. The Labute approximate surface area is 125 Å². The van der Waals surface area contributed by atoms with E-state index in [1.807, 2.05) is 6.20 Å². The van der Waals surface area contributed by atoms with Gasteiger partial charge in [-0.05, 0) is 59.8 Å². The Morgan fingerprint density at radius 2 is 2.00 bits per heavy atom. The zero-order valence-corrected chi connectivity index (χ0v) is 13.5. The minimum atomic E-state index is 0.436. The summed E-state index contributed by atoms with van der Waals surface area (Å²) in [5.74, 6) is 0.753. The van der Waals surface area contributed by atoms with Crippen LogP contribution in [0.2, 0.25) is 0 Å². The van der Waals surface area contributed by atoms with Crippen LogP contribution in [0.3, 0.4) is 0 Å². The number of nitrogens with one attached hydrogen (secondary N) is 1. The molecule has 3 heteroatoms. The first kappa shape index (κ1) is 15.0. The third kappa shape index (κ3) is 4.57. The second-order valence-electron chi connectivity index (χ2n) is 5.58. The predicted molar refractivity (Wildman–Crippen MR) is 84.2 cm³/mol. The Morgan fingerprint density at radius 3 is 2.58 bits per heavy atom. The summed E-state index contributed by atoms with van der Waals surface area (Å²) in [4.78, 5) is 4.63. The van der Waals surface area contributed by atoms with E-state index in [1.165, 1.54) is 50.6 Å². The molecular weight excluding hydrogens is 300 g/mol. The lowest BCUT2D eigenvalue weighted by Crippen LogP contribution is -2.29. The van der Waals surface area contributed by atoms with Gasteiger partial charge in [0.15, 0.2) is 0 Å². The SMILES string of the molecule is CCCNC(c1ccc(Br)cn1)C1CCCCCC1. The minimum absolute atomic E-state index is 0.436. The molecule has 1 aliphatic carbocycles. The zero-order chi connectivity index (χ0) is 13.5. The largest absolute Gasteiger partial charge is 0.308 e. The molecule has 1 aliphatic rings. The van der Waals surface area contributed by atoms with E-state index < -0.39 is 0 Å². The lowest BCUT2D eigenvalue weighted by molar-refractivity contribution is 0.320. The first-order chi connectivity index (χ1) is 9.31. The van der Waals surface area contributed by atoms with E-state index in [0.29, 0.717) is 6.04 Å². The summed E-state index contributed by atoms with van der Waals surface area (Å²) < 4.78 is 1.06. The summed E-state index contributed by atoms with van der Waals surface area (Å²) in [6.07, 6.45) is 11.4. The highest BCUT2D eigenvalue weighted by Crippen LogP contribution is 2.33. The van der Waals surface area contributed by atoms with Gasteiger partial charge in [0, 0.05) is 10.7 Å². The monoisotopic (exact) mass is 324 g/mol. The fraction of sp³-hybridized carbons (Fsp3) is 0.688. The lowest BCUT2D eigenvalue weighted by Gasteiger charge is -2.27. The first-order valence-corrected chi connectivity index (χ1v) is 8.45. The molecule has 1 aromatic heterocycles. The number of hydrogen-bond donors (Lipinski definition) is 1. The van der Waals surface area contributed by atoms with Crippen LogP contribution in [0.25, 0.3) is 0 Å². The van der Waals surface area contributed by atoms with Gasteiger partial charge in [-0.1, -0.05) is 32.6 Å². The van der Waals surface area contributed by atoms with Crippen molar-refractivity contribution < 1.29 is 0 Å². The molecule has 106 valence electrons. The van der Waals surface area contributed by atoms with Crippen molar-refractivity contribution in [2.45, 2.75) is 57.9 Å². The maximum atomic E-state index is 4.63. The third-order valence-corrected chi connectivity index (χ3v) is 4.52. The van der Waals surface area contributed by atoms with Gasteiger partial charge in [0.05, 0.1) is 11.7 Å². The Bertz CT molecular complexity index is 356. The van der Waals surface area contributed by atoms with Crippen LogP contribution in [0.1, 0.15) is 63.6 Å². The zero-order valence-electron chi connectivity index (χ0n) is 11.9. The standard InChI is InChI=1S/C16H25BrN2/c1-2-11-18-16(13-7-5-3-4-6-8-13)15-10-9-14(17)12-19-15/h9-10,12-13,16,18H,2-8,11H2,1H3. The summed E-state index contributed by atoms with van der Waals surface area (Å²) >= 11 is 3.47. The van der Waals surface area contributed by atoms with Crippen LogP contribution in [-0.2, 0) is 0 Å². The summed E-state index contributed by atoms with van der Waals surface area (Å²) in [6, 6.07) is 4.72. The molecule has 0 amide bonds. The van der Waals surface area contributed by atoms with Gasteiger partial charge >= 0.3 is 0 Å². The Balaban J connectivity index is 2.11. The van der Waals surface area contributed by atoms with Crippen molar-refractivity contribution >= 4 is 15.9 Å². The molecule has 0 radical (unpaired) electrons. The molecule has 1 aromatic rings.